The molecule has 176 valence electrons. The fourth-order valence-corrected chi connectivity index (χ4v) is 3.93. The molecule has 0 radical (unpaired) electrons. The molecule has 1 aromatic heterocycles. The zero-order valence-electron chi connectivity index (χ0n) is 18.5. The summed E-state index contributed by atoms with van der Waals surface area (Å²) in [6.07, 6.45) is -1.69. The Morgan fingerprint density at radius 2 is 2.09 bits per heavy atom. The summed E-state index contributed by atoms with van der Waals surface area (Å²) in [6, 6.07) is 1.22. The first-order chi connectivity index (χ1) is 14.9. The van der Waals surface area contributed by atoms with Crippen LogP contribution in [0.3, 0.4) is 0 Å². The van der Waals surface area contributed by atoms with Crippen LogP contribution < -0.4 is 10.1 Å². The van der Waals surface area contributed by atoms with Crippen LogP contribution in [0.5, 0.6) is 5.75 Å². The van der Waals surface area contributed by atoms with Gasteiger partial charge in [-0.15, -0.1) is 0 Å². The van der Waals surface area contributed by atoms with E-state index in [0.29, 0.717) is 24.8 Å². The number of aliphatic imine (C=N–C) groups is 1. The van der Waals surface area contributed by atoms with Gasteiger partial charge in [0.1, 0.15) is 18.1 Å². The molecule has 32 heavy (non-hydrogen) atoms. The Morgan fingerprint density at radius 3 is 2.69 bits per heavy atom. The molecule has 1 fully saturated rings. The molecule has 1 aliphatic heterocycles. The highest BCUT2D eigenvalue weighted by Crippen LogP contribution is 2.41. The Labute approximate surface area is 193 Å². The standard InChI is InChI=1S/C22H27BrF3N3O3/c1-5-15-11-31-13(3)28-19(15)21(4,9-14-6-7-14)29-20(30)17-8-18(16(23)10-27-17)32-12(2)22(24,25)26/h8,10,12,14H,5-7,9,11H2,1-4H3,(H,29,30)/t12-,21?/m0/s1. The van der Waals surface area contributed by atoms with Gasteiger partial charge in [-0.1, -0.05) is 19.8 Å². The Bertz CT molecular complexity index is 944. The number of hydrogen-bond acceptors (Lipinski definition) is 5. The van der Waals surface area contributed by atoms with Gasteiger partial charge >= 0.3 is 6.18 Å². The molecule has 1 N–H and O–H groups in total. The second kappa shape index (κ2) is 9.41. The third-order valence-electron chi connectivity index (χ3n) is 5.61. The normalized spacial score (nSPS) is 19.6. The van der Waals surface area contributed by atoms with Crippen LogP contribution >= 0.6 is 15.9 Å². The third-order valence-corrected chi connectivity index (χ3v) is 6.21. The highest BCUT2D eigenvalue weighted by Gasteiger charge is 2.41. The highest BCUT2D eigenvalue weighted by molar-refractivity contribution is 9.10. The molecular formula is C22H27BrF3N3O3. The van der Waals surface area contributed by atoms with Crippen LogP contribution in [0.15, 0.2) is 33.0 Å². The molecular weight excluding hydrogens is 491 g/mol. The van der Waals surface area contributed by atoms with Crippen molar-refractivity contribution < 1.29 is 27.4 Å². The van der Waals surface area contributed by atoms with Crippen LogP contribution in [0.25, 0.3) is 0 Å². The van der Waals surface area contributed by atoms with Gasteiger partial charge in [0, 0.05) is 19.2 Å². The van der Waals surface area contributed by atoms with Crippen molar-refractivity contribution in [3.63, 3.8) is 0 Å². The van der Waals surface area contributed by atoms with Gasteiger partial charge in [-0.2, -0.15) is 13.2 Å². The van der Waals surface area contributed by atoms with Gasteiger partial charge < -0.3 is 14.8 Å². The van der Waals surface area contributed by atoms with E-state index in [-0.39, 0.29) is 15.9 Å². The van der Waals surface area contributed by atoms with Crippen molar-refractivity contribution in [2.24, 2.45) is 10.9 Å². The van der Waals surface area contributed by atoms with Gasteiger partial charge in [-0.3, -0.25) is 4.79 Å². The second-order valence-corrected chi connectivity index (χ2v) is 9.31. The number of halogens is 4. The summed E-state index contributed by atoms with van der Waals surface area (Å²) in [7, 11) is 0. The minimum absolute atomic E-state index is 0.0361. The predicted molar refractivity (Wildman–Crippen MR) is 118 cm³/mol. The lowest BCUT2D eigenvalue weighted by molar-refractivity contribution is -0.189. The van der Waals surface area contributed by atoms with Crippen molar-refractivity contribution in [1.82, 2.24) is 10.3 Å². The van der Waals surface area contributed by atoms with E-state index in [1.807, 2.05) is 13.8 Å². The largest absolute Gasteiger partial charge is 0.480 e. The Hall–Kier alpha value is -2.10. The van der Waals surface area contributed by atoms with E-state index in [4.69, 9.17) is 9.47 Å². The molecule has 0 aromatic carbocycles. The number of alkyl halides is 3. The van der Waals surface area contributed by atoms with Crippen LogP contribution in [-0.2, 0) is 4.74 Å². The number of aromatic nitrogens is 1. The summed E-state index contributed by atoms with van der Waals surface area (Å²) in [5, 5.41) is 3.05. The highest BCUT2D eigenvalue weighted by atomic mass is 79.9. The second-order valence-electron chi connectivity index (χ2n) is 8.46. The van der Waals surface area contributed by atoms with Crippen molar-refractivity contribution in [3.8, 4) is 5.75 Å². The average Bonchev–Trinajstić information content (AvgIpc) is 3.52. The fourth-order valence-electron chi connectivity index (χ4n) is 3.62. The maximum absolute atomic E-state index is 13.2. The molecule has 1 saturated carbocycles. The molecule has 0 spiro atoms. The van der Waals surface area contributed by atoms with Gasteiger partial charge in [-0.25, -0.2) is 9.98 Å². The number of rotatable bonds is 8. The van der Waals surface area contributed by atoms with Crippen LogP contribution in [0.4, 0.5) is 13.2 Å². The van der Waals surface area contributed by atoms with E-state index in [1.165, 1.54) is 12.3 Å². The minimum atomic E-state index is -4.53. The van der Waals surface area contributed by atoms with E-state index >= 15 is 0 Å². The number of nitrogens with one attached hydrogen (secondary N) is 1. The van der Waals surface area contributed by atoms with Crippen molar-refractivity contribution >= 4 is 27.7 Å². The summed E-state index contributed by atoms with van der Waals surface area (Å²) in [6.45, 7) is 7.03. The summed E-state index contributed by atoms with van der Waals surface area (Å²) < 4.78 is 49.6. The van der Waals surface area contributed by atoms with Gasteiger partial charge in [0.05, 0.1) is 15.7 Å². The summed E-state index contributed by atoms with van der Waals surface area (Å²) in [5.41, 5.74) is 0.990. The van der Waals surface area contributed by atoms with Gasteiger partial charge in [-0.05, 0) is 54.1 Å². The van der Waals surface area contributed by atoms with E-state index in [2.05, 4.69) is 31.2 Å². The monoisotopic (exact) mass is 517 g/mol. The Balaban J connectivity index is 1.89. The molecule has 1 amide bonds. The number of hydrogen-bond donors (Lipinski definition) is 1. The van der Waals surface area contributed by atoms with Crippen LogP contribution in [0.1, 0.15) is 63.9 Å². The van der Waals surface area contributed by atoms with Gasteiger partial charge in [0.15, 0.2) is 12.0 Å². The first-order valence-corrected chi connectivity index (χ1v) is 11.3. The van der Waals surface area contributed by atoms with E-state index in [0.717, 1.165) is 37.5 Å². The van der Waals surface area contributed by atoms with Crippen LogP contribution in [-0.4, -0.2) is 41.2 Å². The maximum Gasteiger partial charge on any atom is 0.425 e. The van der Waals surface area contributed by atoms with Crippen molar-refractivity contribution in [2.45, 2.75) is 71.2 Å². The maximum atomic E-state index is 13.2. The molecule has 2 heterocycles. The molecule has 2 atom stereocenters. The molecule has 1 aromatic rings. The van der Waals surface area contributed by atoms with E-state index in [1.54, 1.807) is 6.92 Å². The number of carbonyl (C=O) groups is 1. The zero-order chi connectivity index (χ0) is 23.7. The third kappa shape index (κ3) is 5.82. The molecule has 1 unspecified atom stereocenters. The predicted octanol–water partition coefficient (Wildman–Crippen LogP) is 5.58. The van der Waals surface area contributed by atoms with Crippen molar-refractivity contribution in [1.29, 1.82) is 0 Å². The molecule has 1 aliphatic carbocycles. The smallest absolute Gasteiger partial charge is 0.425 e. The van der Waals surface area contributed by atoms with Crippen LogP contribution in [0.2, 0.25) is 0 Å². The average molecular weight is 518 g/mol. The lowest BCUT2D eigenvalue weighted by Gasteiger charge is -2.35. The summed E-state index contributed by atoms with van der Waals surface area (Å²) in [4.78, 5) is 21.9. The first kappa shape index (κ1) is 24.5. The Kier molecular flexibility index (Phi) is 7.21. The van der Waals surface area contributed by atoms with Crippen molar-refractivity contribution in [2.75, 3.05) is 6.61 Å². The molecule has 3 rings (SSSR count). The van der Waals surface area contributed by atoms with Gasteiger partial charge in [0.2, 0.25) is 0 Å². The molecule has 6 nitrogen and oxygen atoms in total. The Morgan fingerprint density at radius 1 is 1.41 bits per heavy atom. The van der Waals surface area contributed by atoms with E-state index < -0.39 is 23.7 Å². The fraction of sp³-hybridized carbons (Fsp3) is 0.591. The van der Waals surface area contributed by atoms with Crippen molar-refractivity contribution in [3.05, 3.63) is 33.7 Å². The lowest BCUT2D eigenvalue weighted by Crippen LogP contribution is -2.49. The SMILES string of the molecule is CCC1=C(C(C)(CC2CC2)NC(=O)c2cc(O[C@@H](C)C(F)(F)F)c(Br)cn2)N=C(C)OC1. The molecule has 0 saturated heterocycles. The topological polar surface area (TPSA) is 72.8 Å². The van der Waals surface area contributed by atoms with Crippen LogP contribution in [0, 0.1) is 5.92 Å². The van der Waals surface area contributed by atoms with Gasteiger partial charge in [0.25, 0.3) is 5.91 Å². The zero-order valence-corrected chi connectivity index (χ0v) is 20.1. The lowest BCUT2D eigenvalue weighted by atomic mass is 9.87. The number of carbonyl (C=O) groups excluding carboxylic acids is 1. The molecule has 2 aliphatic rings. The summed E-state index contributed by atoms with van der Waals surface area (Å²) >= 11 is 3.14. The summed E-state index contributed by atoms with van der Waals surface area (Å²) in [5.74, 6) is 0.403. The number of pyridine rings is 1. The molecule has 0 bridgehead atoms. The quantitative estimate of drug-likeness (QED) is 0.488. The first-order valence-electron chi connectivity index (χ1n) is 10.5. The molecule has 10 heteroatoms. The number of ether oxygens (including phenoxy) is 2. The number of amides is 1. The van der Waals surface area contributed by atoms with E-state index in [9.17, 15) is 18.0 Å². The number of nitrogens with zero attached hydrogens (tertiary/aromatic N) is 2. The minimum Gasteiger partial charge on any atom is -0.480 e.